The number of carbonyl (C=O) groups is 1. The van der Waals surface area contributed by atoms with Crippen LogP contribution < -0.4 is 16.2 Å². The molecule has 0 saturated carbocycles. The van der Waals surface area contributed by atoms with E-state index < -0.39 is 12.0 Å². The van der Waals surface area contributed by atoms with Crippen molar-refractivity contribution in [3.63, 3.8) is 0 Å². The lowest BCUT2D eigenvalue weighted by Crippen LogP contribution is -2.45. The summed E-state index contributed by atoms with van der Waals surface area (Å²) in [6.07, 6.45) is 6.09. The normalized spacial score (nSPS) is 17.6. The van der Waals surface area contributed by atoms with Gasteiger partial charge in [-0.15, -0.1) is 0 Å². The molecule has 1 aliphatic heterocycles. The van der Waals surface area contributed by atoms with Crippen LogP contribution in [0.4, 0.5) is 5.82 Å². The quantitative estimate of drug-likeness (QED) is 0.506. The Hall–Kier alpha value is -2.62. The lowest BCUT2D eigenvalue weighted by atomic mass is 10.0. The Balaban J connectivity index is 1.64. The van der Waals surface area contributed by atoms with Crippen LogP contribution in [0.3, 0.4) is 0 Å². The molecule has 1 aliphatic rings. The third-order valence-electron chi connectivity index (χ3n) is 5.33. The molecule has 160 valence electrons. The van der Waals surface area contributed by atoms with Crippen molar-refractivity contribution in [1.82, 2.24) is 24.4 Å². The van der Waals surface area contributed by atoms with Gasteiger partial charge in [0, 0.05) is 6.54 Å². The Labute approximate surface area is 169 Å². The molecule has 10 nitrogen and oxygen atoms in total. The number of H-pyrrole nitrogens is 1. The number of nitrogens with zero attached hydrogens (tertiary/aromatic N) is 4. The Morgan fingerprint density at radius 1 is 1.28 bits per heavy atom. The third kappa shape index (κ3) is 5.06. The van der Waals surface area contributed by atoms with Gasteiger partial charge in [-0.2, -0.15) is 9.97 Å². The summed E-state index contributed by atoms with van der Waals surface area (Å²) in [5, 5.41) is 9.37. The fourth-order valence-electron chi connectivity index (χ4n) is 3.73. The molecular formula is C19H30N6O4. The molecule has 1 atom stereocenters. The zero-order chi connectivity index (χ0) is 20.8. The molecule has 2 aromatic rings. The van der Waals surface area contributed by atoms with Crippen molar-refractivity contribution >= 4 is 23.0 Å². The number of nitrogen functional groups attached to an aromatic ring is 1. The highest BCUT2D eigenvalue weighted by atomic mass is 16.5. The summed E-state index contributed by atoms with van der Waals surface area (Å²) in [5.41, 5.74) is 6.54. The van der Waals surface area contributed by atoms with Crippen molar-refractivity contribution in [2.75, 3.05) is 25.4 Å². The number of nitrogens with one attached hydrogen (secondary N) is 1. The molecule has 1 unspecified atom stereocenters. The maximum Gasteiger partial charge on any atom is 0.327 e. The molecule has 0 spiro atoms. The fraction of sp³-hybridized carbons (Fsp3) is 0.684. The van der Waals surface area contributed by atoms with E-state index in [2.05, 4.69) is 21.9 Å². The second kappa shape index (κ2) is 9.73. The van der Waals surface area contributed by atoms with E-state index in [1.165, 1.54) is 0 Å². The van der Waals surface area contributed by atoms with Gasteiger partial charge in [-0.25, -0.2) is 4.79 Å². The average molecular weight is 406 g/mol. The van der Waals surface area contributed by atoms with Crippen LogP contribution in [0.5, 0.6) is 6.01 Å². The Morgan fingerprint density at radius 2 is 2.07 bits per heavy atom. The van der Waals surface area contributed by atoms with Gasteiger partial charge in [-0.1, -0.05) is 19.8 Å². The first-order valence-electron chi connectivity index (χ1n) is 10.4. The van der Waals surface area contributed by atoms with E-state index in [9.17, 15) is 14.7 Å². The number of aromatic nitrogens is 4. The summed E-state index contributed by atoms with van der Waals surface area (Å²) in [4.78, 5) is 37.0. The Kier molecular flexibility index (Phi) is 7.08. The molecular weight excluding hydrogens is 376 g/mol. The van der Waals surface area contributed by atoms with Crippen LogP contribution in [0.15, 0.2) is 4.79 Å². The van der Waals surface area contributed by atoms with E-state index in [0.29, 0.717) is 37.3 Å². The number of rotatable bonds is 10. The second-order valence-electron chi connectivity index (χ2n) is 7.47. The van der Waals surface area contributed by atoms with Crippen LogP contribution in [0.1, 0.15) is 51.9 Å². The standard InChI is InChI=1S/C19H30N6O4/c1-2-3-12-29-18-22-15(20)14-16(23-18)25(19(28)21-14)11-7-6-10-24-9-5-4-8-13(24)17(26)27/h13H,2-12H2,1H3,(H,21,28)(H,26,27)(H2,20,22,23). The summed E-state index contributed by atoms with van der Waals surface area (Å²) in [6, 6.07) is -0.219. The van der Waals surface area contributed by atoms with Crippen LogP contribution in [0.2, 0.25) is 0 Å². The molecule has 1 fully saturated rings. The van der Waals surface area contributed by atoms with E-state index in [1.54, 1.807) is 4.57 Å². The van der Waals surface area contributed by atoms with E-state index in [1.807, 2.05) is 4.90 Å². The number of hydrogen-bond donors (Lipinski definition) is 3. The number of anilines is 1. The lowest BCUT2D eigenvalue weighted by Gasteiger charge is -2.32. The summed E-state index contributed by atoms with van der Waals surface area (Å²) in [5.74, 6) is -0.560. The minimum atomic E-state index is -0.750. The molecule has 0 aromatic carbocycles. The van der Waals surface area contributed by atoms with Crippen molar-refractivity contribution in [1.29, 1.82) is 0 Å². The van der Waals surface area contributed by atoms with E-state index in [4.69, 9.17) is 10.5 Å². The number of likely N-dealkylation sites (tertiary alicyclic amines) is 1. The number of ether oxygens (including phenoxy) is 1. The monoisotopic (exact) mass is 406 g/mol. The summed E-state index contributed by atoms with van der Waals surface area (Å²) in [7, 11) is 0. The molecule has 1 saturated heterocycles. The number of nitrogens with two attached hydrogens (primary N) is 1. The third-order valence-corrected chi connectivity index (χ3v) is 5.33. The highest BCUT2D eigenvalue weighted by molar-refractivity contribution is 5.81. The van der Waals surface area contributed by atoms with Gasteiger partial charge in [-0.3, -0.25) is 14.3 Å². The summed E-state index contributed by atoms with van der Waals surface area (Å²) in [6.45, 7) is 4.54. The van der Waals surface area contributed by atoms with Gasteiger partial charge in [0.05, 0.1) is 6.61 Å². The first-order valence-corrected chi connectivity index (χ1v) is 10.4. The minimum Gasteiger partial charge on any atom is -0.480 e. The van der Waals surface area contributed by atoms with Crippen molar-refractivity contribution in [2.45, 2.75) is 64.5 Å². The molecule has 10 heteroatoms. The summed E-state index contributed by atoms with van der Waals surface area (Å²) < 4.78 is 7.09. The molecule has 0 aliphatic carbocycles. The van der Waals surface area contributed by atoms with Crippen LogP contribution in [-0.4, -0.2) is 61.2 Å². The number of hydrogen-bond acceptors (Lipinski definition) is 7. The number of carboxylic acid groups (broad SMARTS) is 1. The zero-order valence-electron chi connectivity index (χ0n) is 16.9. The molecule has 29 heavy (non-hydrogen) atoms. The first kappa shape index (κ1) is 21.1. The van der Waals surface area contributed by atoms with Gasteiger partial charge in [0.15, 0.2) is 11.5 Å². The smallest absolute Gasteiger partial charge is 0.327 e. The topological polar surface area (TPSA) is 139 Å². The molecule has 3 heterocycles. The van der Waals surface area contributed by atoms with Crippen molar-refractivity contribution < 1.29 is 14.6 Å². The zero-order valence-corrected chi connectivity index (χ0v) is 16.9. The molecule has 0 radical (unpaired) electrons. The maximum absolute atomic E-state index is 12.4. The van der Waals surface area contributed by atoms with Gasteiger partial charge in [0.1, 0.15) is 11.6 Å². The van der Waals surface area contributed by atoms with Crippen molar-refractivity contribution in [2.24, 2.45) is 0 Å². The average Bonchev–Trinajstić information content (AvgIpc) is 3.02. The molecule has 2 aromatic heterocycles. The number of carboxylic acids is 1. The SMILES string of the molecule is CCCCOc1nc(N)c2[nH]c(=O)n(CCCCN3CCCCC3C(=O)O)c2n1. The van der Waals surface area contributed by atoms with Crippen LogP contribution >= 0.6 is 0 Å². The van der Waals surface area contributed by atoms with Crippen LogP contribution in [-0.2, 0) is 11.3 Å². The number of aromatic amines is 1. The molecule has 0 bridgehead atoms. The minimum absolute atomic E-state index is 0.175. The first-order chi connectivity index (χ1) is 14.0. The molecule has 0 amide bonds. The van der Waals surface area contributed by atoms with Gasteiger partial charge < -0.3 is 20.6 Å². The Bertz CT molecular complexity index is 893. The number of fused-ring (bicyclic) bond motifs is 1. The maximum atomic E-state index is 12.4. The highest BCUT2D eigenvalue weighted by Crippen LogP contribution is 2.20. The van der Waals surface area contributed by atoms with Gasteiger partial charge in [-0.05, 0) is 45.2 Å². The van der Waals surface area contributed by atoms with Gasteiger partial charge >= 0.3 is 17.7 Å². The fourth-order valence-corrected chi connectivity index (χ4v) is 3.73. The predicted octanol–water partition coefficient (Wildman–Crippen LogP) is 1.60. The van der Waals surface area contributed by atoms with E-state index in [-0.39, 0.29) is 17.5 Å². The van der Waals surface area contributed by atoms with Crippen LogP contribution in [0.25, 0.3) is 11.2 Å². The Morgan fingerprint density at radius 3 is 2.83 bits per heavy atom. The lowest BCUT2D eigenvalue weighted by molar-refractivity contribution is -0.144. The van der Waals surface area contributed by atoms with E-state index in [0.717, 1.165) is 45.1 Å². The number of piperidine rings is 1. The molecule has 4 N–H and O–H groups in total. The molecule has 3 rings (SSSR count). The predicted molar refractivity (Wildman–Crippen MR) is 109 cm³/mol. The number of aliphatic carboxylic acids is 1. The van der Waals surface area contributed by atoms with Crippen molar-refractivity contribution in [3.05, 3.63) is 10.5 Å². The van der Waals surface area contributed by atoms with Crippen molar-refractivity contribution in [3.8, 4) is 6.01 Å². The van der Waals surface area contributed by atoms with E-state index >= 15 is 0 Å². The van der Waals surface area contributed by atoms with Crippen LogP contribution in [0, 0.1) is 0 Å². The van der Waals surface area contributed by atoms with Gasteiger partial charge in [0.25, 0.3) is 0 Å². The summed E-state index contributed by atoms with van der Waals surface area (Å²) >= 11 is 0. The van der Waals surface area contributed by atoms with Gasteiger partial charge in [0.2, 0.25) is 0 Å². The second-order valence-corrected chi connectivity index (χ2v) is 7.47. The highest BCUT2D eigenvalue weighted by Gasteiger charge is 2.27. The largest absolute Gasteiger partial charge is 0.480 e. The number of imidazole rings is 1. The number of aryl methyl sites for hydroxylation is 1. The number of unbranched alkanes of at least 4 members (excludes halogenated alkanes) is 2.